The van der Waals surface area contributed by atoms with E-state index in [0.717, 1.165) is 25.7 Å². The van der Waals surface area contributed by atoms with Gasteiger partial charge in [0.1, 0.15) is 11.6 Å². The molecule has 0 unspecified atom stereocenters. The van der Waals surface area contributed by atoms with E-state index in [2.05, 4.69) is 9.97 Å². The summed E-state index contributed by atoms with van der Waals surface area (Å²) in [5.41, 5.74) is 0.806. The van der Waals surface area contributed by atoms with Gasteiger partial charge in [0, 0.05) is 23.8 Å². The second-order valence-corrected chi connectivity index (χ2v) is 6.33. The van der Waals surface area contributed by atoms with Gasteiger partial charge in [0.15, 0.2) is 0 Å². The monoisotopic (exact) mass is 335 g/mol. The van der Waals surface area contributed by atoms with Crippen LogP contribution in [0.15, 0.2) is 54.9 Å². The normalized spacial score (nSPS) is 14.8. The molecule has 1 aromatic carbocycles. The average molecular weight is 335 g/mol. The molecule has 126 valence electrons. The highest BCUT2D eigenvalue weighted by molar-refractivity contribution is 6.13. The van der Waals surface area contributed by atoms with E-state index < -0.39 is 5.82 Å². The summed E-state index contributed by atoms with van der Waals surface area (Å²) in [5.74, 6) is -0.0715. The second-order valence-electron chi connectivity index (χ2n) is 6.33. The van der Waals surface area contributed by atoms with E-state index in [4.69, 9.17) is 0 Å². The molecule has 1 amide bonds. The molecule has 25 heavy (non-hydrogen) atoms. The minimum Gasteiger partial charge on any atom is -0.290 e. The molecule has 1 fully saturated rings. The molecule has 0 spiro atoms. The van der Waals surface area contributed by atoms with Crippen LogP contribution in [-0.4, -0.2) is 21.9 Å². The van der Waals surface area contributed by atoms with Crippen LogP contribution in [0.1, 0.15) is 36.0 Å². The van der Waals surface area contributed by atoms with Crippen LogP contribution in [0.5, 0.6) is 0 Å². The first-order valence-electron chi connectivity index (χ1n) is 8.53. The van der Waals surface area contributed by atoms with Gasteiger partial charge in [-0.2, -0.15) is 0 Å². The van der Waals surface area contributed by atoms with Crippen LogP contribution in [-0.2, 0) is 0 Å². The number of carbonyl (C=O) groups is 1. The molecule has 2 heterocycles. The van der Waals surface area contributed by atoms with Crippen molar-refractivity contribution in [3.63, 3.8) is 0 Å². The van der Waals surface area contributed by atoms with Gasteiger partial charge in [-0.1, -0.05) is 25.0 Å². The number of hydrogen-bond donors (Lipinski definition) is 0. The Balaban J connectivity index is 1.84. The van der Waals surface area contributed by atoms with Crippen molar-refractivity contribution in [1.29, 1.82) is 0 Å². The van der Waals surface area contributed by atoms with Gasteiger partial charge >= 0.3 is 0 Å². The minimum atomic E-state index is -0.434. The van der Waals surface area contributed by atoms with Crippen LogP contribution in [0.2, 0.25) is 0 Å². The lowest BCUT2D eigenvalue weighted by molar-refractivity contribution is 0.0977. The van der Waals surface area contributed by atoms with E-state index in [0.29, 0.717) is 16.7 Å². The first-order chi connectivity index (χ1) is 12.2. The first kappa shape index (κ1) is 15.7. The van der Waals surface area contributed by atoms with Crippen LogP contribution in [0.25, 0.3) is 10.9 Å². The summed E-state index contributed by atoms with van der Waals surface area (Å²) in [4.78, 5) is 23.8. The Hall–Kier alpha value is -2.82. The molecule has 4 rings (SSSR count). The number of benzene rings is 1. The molecular weight excluding hydrogens is 317 g/mol. The van der Waals surface area contributed by atoms with Gasteiger partial charge in [-0.3, -0.25) is 14.7 Å². The fourth-order valence-corrected chi connectivity index (χ4v) is 3.56. The number of amides is 1. The zero-order valence-corrected chi connectivity index (χ0v) is 13.7. The van der Waals surface area contributed by atoms with Crippen LogP contribution in [0.3, 0.4) is 0 Å². The molecule has 0 bridgehead atoms. The summed E-state index contributed by atoms with van der Waals surface area (Å²) in [5, 5.41) is 0.623. The summed E-state index contributed by atoms with van der Waals surface area (Å²) in [7, 11) is 0. The molecule has 1 saturated carbocycles. The lowest BCUT2D eigenvalue weighted by atomic mass is 10.1. The molecule has 1 aliphatic rings. The third-order valence-corrected chi connectivity index (χ3v) is 4.70. The number of hydrogen-bond acceptors (Lipinski definition) is 3. The van der Waals surface area contributed by atoms with E-state index in [1.54, 1.807) is 29.4 Å². The van der Waals surface area contributed by atoms with E-state index in [-0.39, 0.29) is 17.5 Å². The van der Waals surface area contributed by atoms with E-state index in [1.165, 1.54) is 12.1 Å². The highest BCUT2D eigenvalue weighted by atomic mass is 19.1. The summed E-state index contributed by atoms with van der Waals surface area (Å²) >= 11 is 0. The quantitative estimate of drug-likeness (QED) is 0.714. The van der Waals surface area contributed by atoms with E-state index in [1.807, 2.05) is 18.2 Å². The van der Waals surface area contributed by atoms with E-state index >= 15 is 0 Å². The highest BCUT2D eigenvalue weighted by Crippen LogP contribution is 2.30. The Morgan fingerprint density at radius 3 is 2.60 bits per heavy atom. The van der Waals surface area contributed by atoms with Crippen molar-refractivity contribution in [3.05, 3.63) is 66.2 Å². The zero-order valence-electron chi connectivity index (χ0n) is 13.7. The third-order valence-electron chi connectivity index (χ3n) is 4.70. The Kier molecular flexibility index (Phi) is 4.14. The molecule has 0 radical (unpaired) electrons. The van der Waals surface area contributed by atoms with Gasteiger partial charge in [0.25, 0.3) is 5.91 Å². The maximum absolute atomic E-state index is 14.1. The number of halogens is 1. The zero-order chi connectivity index (χ0) is 17.2. The SMILES string of the molecule is O=C(c1cc(F)cc2cccnc12)N(c1ccccn1)C1CCCC1. The highest BCUT2D eigenvalue weighted by Gasteiger charge is 2.31. The van der Waals surface area contributed by atoms with Gasteiger partial charge in [-0.25, -0.2) is 9.37 Å². The van der Waals surface area contributed by atoms with Gasteiger partial charge in [0.2, 0.25) is 0 Å². The molecule has 5 heteroatoms. The van der Waals surface area contributed by atoms with Crippen molar-refractivity contribution < 1.29 is 9.18 Å². The number of pyridine rings is 2. The molecule has 1 aliphatic carbocycles. The van der Waals surface area contributed by atoms with Crippen LogP contribution >= 0.6 is 0 Å². The van der Waals surface area contributed by atoms with Gasteiger partial charge in [-0.15, -0.1) is 0 Å². The van der Waals surface area contributed by atoms with Gasteiger partial charge < -0.3 is 0 Å². The predicted octanol–water partition coefficient (Wildman–Crippen LogP) is 4.36. The number of carbonyl (C=O) groups excluding carboxylic acids is 1. The number of fused-ring (bicyclic) bond motifs is 1. The van der Waals surface area contributed by atoms with Gasteiger partial charge in [0.05, 0.1) is 11.1 Å². The summed E-state index contributed by atoms with van der Waals surface area (Å²) < 4.78 is 14.1. The summed E-state index contributed by atoms with van der Waals surface area (Å²) in [6.07, 6.45) is 7.34. The Morgan fingerprint density at radius 1 is 1.04 bits per heavy atom. The lowest BCUT2D eigenvalue weighted by Gasteiger charge is -2.28. The number of anilines is 1. The standard InChI is InChI=1S/C20H18FN3O/c21-15-12-14-6-5-11-23-19(14)17(13-15)20(25)24(16-7-1-2-8-16)18-9-3-4-10-22-18/h3-6,9-13,16H,1-2,7-8H2. The number of nitrogens with zero attached hydrogens (tertiary/aromatic N) is 3. The average Bonchev–Trinajstić information content (AvgIpc) is 3.16. The summed E-state index contributed by atoms with van der Waals surface area (Å²) in [6, 6.07) is 11.8. The first-order valence-corrected chi connectivity index (χ1v) is 8.53. The van der Waals surface area contributed by atoms with Crippen molar-refractivity contribution in [1.82, 2.24) is 9.97 Å². The van der Waals surface area contributed by atoms with Crippen LogP contribution in [0.4, 0.5) is 10.2 Å². The fourth-order valence-electron chi connectivity index (χ4n) is 3.56. The van der Waals surface area contributed by atoms with Gasteiger partial charge in [-0.05, 0) is 43.2 Å². The predicted molar refractivity (Wildman–Crippen MR) is 95.0 cm³/mol. The molecule has 0 saturated heterocycles. The van der Waals surface area contributed by atoms with Crippen molar-refractivity contribution >= 4 is 22.6 Å². The summed E-state index contributed by atoms with van der Waals surface area (Å²) in [6.45, 7) is 0. The van der Waals surface area contributed by atoms with Crippen molar-refractivity contribution in [3.8, 4) is 0 Å². The minimum absolute atomic E-state index is 0.0874. The molecule has 2 aromatic heterocycles. The van der Waals surface area contributed by atoms with E-state index in [9.17, 15) is 9.18 Å². The molecule has 0 aliphatic heterocycles. The number of aromatic nitrogens is 2. The van der Waals surface area contributed by atoms with Crippen LogP contribution < -0.4 is 4.90 Å². The smallest absolute Gasteiger partial charge is 0.262 e. The third kappa shape index (κ3) is 2.97. The molecule has 4 nitrogen and oxygen atoms in total. The Bertz CT molecular complexity index is 907. The lowest BCUT2D eigenvalue weighted by Crippen LogP contribution is -2.39. The molecular formula is C20H18FN3O. The molecule has 0 N–H and O–H groups in total. The maximum atomic E-state index is 14.1. The molecule has 3 aromatic rings. The van der Waals surface area contributed by atoms with Crippen LogP contribution in [0, 0.1) is 5.82 Å². The molecule has 0 atom stereocenters. The largest absolute Gasteiger partial charge is 0.290 e. The second kappa shape index (κ2) is 6.59. The number of rotatable bonds is 3. The van der Waals surface area contributed by atoms with Crippen molar-refractivity contribution in [2.24, 2.45) is 0 Å². The Morgan fingerprint density at radius 2 is 1.84 bits per heavy atom. The fraction of sp³-hybridized carbons (Fsp3) is 0.250. The maximum Gasteiger partial charge on any atom is 0.262 e. The topological polar surface area (TPSA) is 46.1 Å². The van der Waals surface area contributed by atoms with Crippen molar-refractivity contribution in [2.75, 3.05) is 4.90 Å². The Labute approximate surface area is 145 Å². The van der Waals surface area contributed by atoms with Crippen molar-refractivity contribution in [2.45, 2.75) is 31.7 Å².